The molecule has 0 aliphatic rings. The van der Waals surface area contributed by atoms with E-state index in [-0.39, 0.29) is 34.4 Å². The smallest absolute Gasteiger partial charge is 0 e. The van der Waals surface area contributed by atoms with Crippen LogP contribution in [0.1, 0.15) is 20.3 Å². The summed E-state index contributed by atoms with van der Waals surface area (Å²) < 4.78 is 30.0. The van der Waals surface area contributed by atoms with E-state index in [1.807, 2.05) is 0 Å². The van der Waals surface area contributed by atoms with E-state index in [0.717, 1.165) is 12.3 Å². The predicted molar refractivity (Wildman–Crippen MR) is 168 cm³/mol. The molecular formula is C35H35O4P2V-. The van der Waals surface area contributed by atoms with Crippen molar-refractivity contribution in [1.82, 2.24) is 0 Å². The van der Waals surface area contributed by atoms with Gasteiger partial charge >= 0.3 is 45.2 Å². The Hall–Kier alpha value is -2.72. The van der Waals surface area contributed by atoms with Gasteiger partial charge in [-0.3, -0.25) is 0 Å². The summed E-state index contributed by atoms with van der Waals surface area (Å²) in [5, 5.41) is 5.89. The number of benzene rings is 4. The fourth-order valence-corrected chi connectivity index (χ4v) is 8.80. The van der Waals surface area contributed by atoms with Gasteiger partial charge < -0.3 is 6.92 Å². The van der Waals surface area contributed by atoms with Crippen molar-refractivity contribution in [3.8, 4) is 0 Å². The molecule has 0 amide bonds. The molecule has 4 aromatic carbocycles. The second-order valence-electron chi connectivity index (χ2n) is 8.33. The van der Waals surface area contributed by atoms with Crippen LogP contribution in [0.3, 0.4) is 0 Å². The fraction of sp³-hybridized carbons (Fsp3) is 0.171. The first-order chi connectivity index (χ1) is 20.2. The maximum absolute atomic E-state index is 7.50. The average Bonchev–Trinajstić information content (AvgIpc) is 3.09. The second kappa shape index (κ2) is 31.2. The number of hydrogen-bond donors (Lipinski definition) is 0. The van der Waals surface area contributed by atoms with Gasteiger partial charge in [0, 0.05) is 18.6 Å². The molecule has 7 heteroatoms. The van der Waals surface area contributed by atoms with Crippen LogP contribution in [-0.2, 0) is 37.2 Å². The topological polar surface area (TPSA) is 79.6 Å². The van der Waals surface area contributed by atoms with Crippen molar-refractivity contribution < 1.29 is 37.2 Å². The summed E-state index contributed by atoms with van der Waals surface area (Å²) in [5.41, 5.74) is 0. The third-order valence-corrected chi connectivity index (χ3v) is 10.8. The molecule has 42 heavy (non-hydrogen) atoms. The van der Waals surface area contributed by atoms with Crippen molar-refractivity contribution in [2.75, 3.05) is 12.3 Å². The average molecular weight is 633 g/mol. The van der Waals surface area contributed by atoms with Gasteiger partial charge in [-0.25, -0.2) is 0 Å². The van der Waals surface area contributed by atoms with Crippen LogP contribution in [0.5, 0.6) is 0 Å². The molecule has 0 bridgehead atoms. The van der Waals surface area contributed by atoms with Crippen LogP contribution in [-0.4, -0.2) is 12.3 Å². The van der Waals surface area contributed by atoms with Gasteiger partial charge in [-0.2, -0.15) is 6.42 Å². The Labute approximate surface area is 266 Å². The number of rotatable bonds is 8. The van der Waals surface area contributed by atoms with Crippen molar-refractivity contribution >= 4 is 37.1 Å². The fourth-order valence-electron chi connectivity index (χ4n) is 3.45. The number of hydrogen-bond acceptors (Lipinski definition) is 0. The molecule has 4 aromatic rings. The van der Waals surface area contributed by atoms with Gasteiger partial charge in [-0.05, 0) is 49.4 Å². The maximum atomic E-state index is 7.50. The Bertz CT molecular complexity index is 1030. The van der Waals surface area contributed by atoms with E-state index < -0.39 is 0 Å². The molecule has 0 fully saturated rings. The molecule has 0 heterocycles. The zero-order chi connectivity index (χ0) is 31.3. The molecule has 215 valence electrons. The molecule has 0 saturated carbocycles. The molecule has 0 spiro atoms. The van der Waals surface area contributed by atoms with Crippen LogP contribution in [0.15, 0.2) is 121 Å². The zero-order valence-corrected chi connectivity index (χ0v) is 27.1. The third-order valence-electron chi connectivity index (χ3n) is 5.40. The SMILES string of the molecule is [C-]#[O+].[C-]#[O+].[C-]#[O+].[C-]#[O+].[CH2-]CC(C)C.[V].c1ccc(P(CCP(c2ccccc2)c2ccccc2)c2ccccc2)cc1. The van der Waals surface area contributed by atoms with Crippen molar-refractivity contribution in [2.45, 2.75) is 20.3 Å². The first-order valence-electron chi connectivity index (χ1n) is 12.5. The molecule has 0 saturated heterocycles. The maximum Gasteiger partial charge on any atom is 0 e. The third kappa shape index (κ3) is 18.0. The minimum absolute atomic E-state index is 0. The van der Waals surface area contributed by atoms with E-state index in [2.05, 4.69) is 169 Å². The first kappa shape index (κ1) is 43.7. The molecule has 0 aliphatic heterocycles. The van der Waals surface area contributed by atoms with E-state index >= 15 is 0 Å². The van der Waals surface area contributed by atoms with Crippen LogP contribution in [0.4, 0.5) is 0 Å². The van der Waals surface area contributed by atoms with Crippen LogP contribution >= 0.6 is 15.8 Å². The Morgan fingerprint density at radius 3 is 0.786 bits per heavy atom. The van der Waals surface area contributed by atoms with Gasteiger partial charge in [-0.15, -0.1) is 0 Å². The minimum atomic E-state index is -0.348. The molecule has 0 aliphatic carbocycles. The quantitative estimate of drug-likeness (QED) is 0.114. The summed E-state index contributed by atoms with van der Waals surface area (Å²) in [5.74, 6) is 0.773. The Balaban J connectivity index is -0.000000945. The van der Waals surface area contributed by atoms with Gasteiger partial charge in [0.15, 0.2) is 0 Å². The summed E-state index contributed by atoms with van der Waals surface area (Å²) in [4.78, 5) is 0. The van der Waals surface area contributed by atoms with E-state index in [0.29, 0.717) is 0 Å². The van der Waals surface area contributed by atoms with Crippen LogP contribution in [0, 0.1) is 39.4 Å². The summed E-state index contributed by atoms with van der Waals surface area (Å²) in [6, 6.07) is 44.2. The molecule has 0 atom stereocenters. The molecule has 0 N–H and O–H groups in total. The molecule has 0 unspecified atom stereocenters. The molecule has 4 rings (SSSR count). The van der Waals surface area contributed by atoms with Gasteiger partial charge in [0.1, 0.15) is 0 Å². The van der Waals surface area contributed by atoms with Crippen molar-refractivity contribution in [3.05, 3.63) is 155 Å². The van der Waals surface area contributed by atoms with Crippen LogP contribution < -0.4 is 21.2 Å². The van der Waals surface area contributed by atoms with E-state index in [4.69, 9.17) is 18.6 Å². The minimum Gasteiger partial charge on any atom is -0.343 e. The normalized spacial score (nSPS) is 8.71. The van der Waals surface area contributed by atoms with Gasteiger partial charge in [0.2, 0.25) is 0 Å². The van der Waals surface area contributed by atoms with Gasteiger partial charge in [-0.1, -0.05) is 141 Å². The Morgan fingerprint density at radius 2 is 0.643 bits per heavy atom. The molecular weight excluding hydrogens is 597 g/mol. The summed E-state index contributed by atoms with van der Waals surface area (Å²) in [6.07, 6.45) is 3.47. The van der Waals surface area contributed by atoms with E-state index in [1.54, 1.807) is 0 Å². The summed E-state index contributed by atoms with van der Waals surface area (Å²) in [6.45, 7) is 26.0. The standard InChI is InChI=1S/C26H24P2.C5H11.4CO.V/c1-5-13-23(14-6-1)27(24-15-7-2-8-16-24)21-22-28(25-17-9-3-10-18-25)26-19-11-4-12-20-26;1-4-5(2)3;4*1-2;/h1-20H,21-22H2;5H,1,4H2,2-3H3;;;;;/q;-1;;;;;. The van der Waals surface area contributed by atoms with Crippen molar-refractivity contribution in [3.63, 3.8) is 0 Å². The zero-order valence-electron chi connectivity index (χ0n) is 23.9. The van der Waals surface area contributed by atoms with Crippen LogP contribution in [0.25, 0.3) is 0 Å². The second-order valence-corrected chi connectivity index (χ2v) is 13.0. The van der Waals surface area contributed by atoms with Gasteiger partial charge in [0.25, 0.3) is 0 Å². The molecule has 1 radical (unpaired) electrons. The monoisotopic (exact) mass is 632 g/mol. The summed E-state index contributed by atoms with van der Waals surface area (Å²) >= 11 is 0. The van der Waals surface area contributed by atoms with Crippen LogP contribution in [0.2, 0.25) is 0 Å². The molecule has 0 aromatic heterocycles. The largest absolute Gasteiger partial charge is 0.343 e. The van der Waals surface area contributed by atoms with E-state index in [1.165, 1.54) is 33.5 Å². The van der Waals surface area contributed by atoms with Crippen molar-refractivity contribution in [2.24, 2.45) is 5.92 Å². The Kier molecular flexibility index (Phi) is 32.5. The van der Waals surface area contributed by atoms with Crippen molar-refractivity contribution in [1.29, 1.82) is 0 Å². The van der Waals surface area contributed by atoms with Gasteiger partial charge in [0.05, 0.1) is 0 Å². The van der Waals surface area contributed by atoms with E-state index in [9.17, 15) is 0 Å². The summed E-state index contributed by atoms with van der Waals surface area (Å²) in [7, 11) is -0.696. The first-order valence-corrected chi connectivity index (χ1v) is 15.6. The predicted octanol–water partition coefficient (Wildman–Crippen LogP) is 6.97. The molecule has 4 nitrogen and oxygen atoms in total. The Morgan fingerprint density at radius 1 is 0.476 bits per heavy atom.